The zero-order valence-corrected chi connectivity index (χ0v) is 12.9. The third-order valence-corrected chi connectivity index (χ3v) is 3.86. The molecule has 120 valence electrons. The second-order valence-electron chi connectivity index (χ2n) is 5.69. The van der Waals surface area contributed by atoms with Gasteiger partial charge < -0.3 is 15.3 Å². The predicted molar refractivity (Wildman–Crippen MR) is 84.1 cm³/mol. The molecule has 2 heterocycles. The van der Waals surface area contributed by atoms with E-state index in [9.17, 15) is 9.59 Å². The second kappa shape index (κ2) is 7.77. The van der Waals surface area contributed by atoms with Crippen molar-refractivity contribution in [2.75, 3.05) is 24.5 Å². The van der Waals surface area contributed by atoms with E-state index in [0.29, 0.717) is 24.7 Å². The molecule has 6 nitrogen and oxygen atoms in total. The molecule has 1 aromatic rings. The molecule has 1 atom stereocenters. The largest absolute Gasteiger partial charge is 0.477 e. The lowest BCUT2D eigenvalue weighted by Crippen LogP contribution is -2.41. The number of piperidine rings is 1. The molecular formula is C16H23N3O3. The van der Waals surface area contributed by atoms with Gasteiger partial charge in [-0.1, -0.05) is 13.0 Å². The molecule has 0 radical (unpaired) electrons. The summed E-state index contributed by atoms with van der Waals surface area (Å²) in [7, 11) is 0. The maximum atomic E-state index is 11.6. The van der Waals surface area contributed by atoms with Crippen LogP contribution in [0.15, 0.2) is 18.2 Å². The molecule has 1 aliphatic heterocycles. The lowest BCUT2D eigenvalue weighted by molar-refractivity contribution is -0.121. The first-order valence-electron chi connectivity index (χ1n) is 7.82. The quantitative estimate of drug-likeness (QED) is 0.839. The molecule has 0 aromatic carbocycles. The average molecular weight is 305 g/mol. The first-order chi connectivity index (χ1) is 10.6. The van der Waals surface area contributed by atoms with E-state index < -0.39 is 5.97 Å². The molecule has 0 aliphatic carbocycles. The zero-order chi connectivity index (χ0) is 15.9. The molecule has 1 saturated heterocycles. The van der Waals surface area contributed by atoms with Gasteiger partial charge in [0.25, 0.3) is 0 Å². The van der Waals surface area contributed by atoms with Crippen molar-refractivity contribution in [2.24, 2.45) is 5.92 Å². The summed E-state index contributed by atoms with van der Waals surface area (Å²) >= 11 is 0. The van der Waals surface area contributed by atoms with Gasteiger partial charge in [-0.05, 0) is 37.3 Å². The number of hydrogen-bond acceptors (Lipinski definition) is 4. The molecule has 22 heavy (non-hydrogen) atoms. The van der Waals surface area contributed by atoms with E-state index in [4.69, 9.17) is 5.11 Å². The van der Waals surface area contributed by atoms with Crippen LogP contribution in [0.3, 0.4) is 0 Å². The van der Waals surface area contributed by atoms with Crippen molar-refractivity contribution in [1.82, 2.24) is 10.3 Å². The zero-order valence-electron chi connectivity index (χ0n) is 12.9. The van der Waals surface area contributed by atoms with Gasteiger partial charge in [0, 0.05) is 26.1 Å². The molecule has 1 aliphatic rings. The van der Waals surface area contributed by atoms with E-state index in [0.717, 1.165) is 32.4 Å². The standard InChI is InChI=1S/C16H23N3O3/c1-2-5-15(20)17-10-12-6-4-9-19(11-12)14-8-3-7-13(18-14)16(21)22/h3,7-8,12H,2,4-6,9-11H2,1H3,(H,17,20)(H,21,22). The maximum absolute atomic E-state index is 11.6. The number of hydrogen-bond donors (Lipinski definition) is 2. The van der Waals surface area contributed by atoms with Crippen LogP contribution in [0.25, 0.3) is 0 Å². The summed E-state index contributed by atoms with van der Waals surface area (Å²) in [5.74, 6) is 0.169. The molecule has 2 N–H and O–H groups in total. The lowest BCUT2D eigenvalue weighted by Gasteiger charge is -2.33. The smallest absolute Gasteiger partial charge is 0.354 e. The summed E-state index contributed by atoms with van der Waals surface area (Å²) in [4.78, 5) is 28.9. The van der Waals surface area contributed by atoms with Gasteiger partial charge in [-0.15, -0.1) is 0 Å². The Morgan fingerprint density at radius 2 is 2.27 bits per heavy atom. The summed E-state index contributed by atoms with van der Waals surface area (Å²) < 4.78 is 0. The van der Waals surface area contributed by atoms with E-state index >= 15 is 0 Å². The minimum absolute atomic E-state index is 0.0656. The van der Waals surface area contributed by atoms with Gasteiger partial charge >= 0.3 is 5.97 Å². The molecule has 0 bridgehead atoms. The Hall–Kier alpha value is -2.11. The Bertz CT molecular complexity index is 533. The fraction of sp³-hybridized carbons (Fsp3) is 0.562. The average Bonchev–Trinajstić information content (AvgIpc) is 2.53. The van der Waals surface area contributed by atoms with Crippen LogP contribution in [-0.2, 0) is 4.79 Å². The van der Waals surface area contributed by atoms with E-state index in [1.165, 1.54) is 6.07 Å². The number of carboxylic acids is 1. The van der Waals surface area contributed by atoms with Crippen molar-refractivity contribution < 1.29 is 14.7 Å². The topological polar surface area (TPSA) is 82.5 Å². The van der Waals surface area contributed by atoms with Crippen molar-refractivity contribution in [3.8, 4) is 0 Å². The Morgan fingerprint density at radius 3 is 3.00 bits per heavy atom. The van der Waals surface area contributed by atoms with Gasteiger partial charge in [0.15, 0.2) is 5.69 Å². The van der Waals surface area contributed by atoms with Crippen LogP contribution < -0.4 is 10.2 Å². The number of carbonyl (C=O) groups is 2. The van der Waals surface area contributed by atoms with Crippen LogP contribution in [-0.4, -0.2) is 41.6 Å². The van der Waals surface area contributed by atoms with Crippen LogP contribution >= 0.6 is 0 Å². The molecule has 1 unspecified atom stereocenters. The third-order valence-electron chi connectivity index (χ3n) is 3.86. The van der Waals surface area contributed by atoms with Crippen LogP contribution in [0.1, 0.15) is 43.1 Å². The SMILES string of the molecule is CCCC(=O)NCC1CCCN(c2cccc(C(=O)O)n2)C1. The number of nitrogens with one attached hydrogen (secondary N) is 1. The maximum Gasteiger partial charge on any atom is 0.354 e. The highest BCUT2D eigenvalue weighted by atomic mass is 16.4. The first-order valence-corrected chi connectivity index (χ1v) is 7.82. The van der Waals surface area contributed by atoms with Crippen molar-refractivity contribution in [1.29, 1.82) is 0 Å². The number of aromatic nitrogens is 1. The summed E-state index contributed by atoms with van der Waals surface area (Å²) in [6, 6.07) is 5.06. The highest BCUT2D eigenvalue weighted by molar-refractivity contribution is 5.85. The van der Waals surface area contributed by atoms with E-state index in [-0.39, 0.29) is 11.6 Å². The molecule has 0 spiro atoms. The fourth-order valence-corrected chi connectivity index (χ4v) is 2.73. The van der Waals surface area contributed by atoms with Crippen LogP contribution in [0.4, 0.5) is 5.82 Å². The van der Waals surface area contributed by atoms with Crippen molar-refractivity contribution in [3.05, 3.63) is 23.9 Å². The second-order valence-corrected chi connectivity index (χ2v) is 5.69. The number of pyridine rings is 1. The van der Waals surface area contributed by atoms with Crippen molar-refractivity contribution in [2.45, 2.75) is 32.6 Å². The third kappa shape index (κ3) is 4.44. The predicted octanol–water partition coefficient (Wildman–Crippen LogP) is 1.91. The molecule has 1 amide bonds. The van der Waals surface area contributed by atoms with Gasteiger partial charge in [-0.3, -0.25) is 4.79 Å². The molecule has 0 saturated carbocycles. The number of amides is 1. The monoisotopic (exact) mass is 305 g/mol. The summed E-state index contributed by atoms with van der Waals surface area (Å²) in [6.45, 7) is 4.33. The fourth-order valence-electron chi connectivity index (χ4n) is 2.73. The molecular weight excluding hydrogens is 282 g/mol. The number of carbonyl (C=O) groups excluding carboxylic acids is 1. The summed E-state index contributed by atoms with van der Waals surface area (Å²) in [6.07, 6.45) is 3.52. The van der Waals surface area contributed by atoms with Crippen molar-refractivity contribution in [3.63, 3.8) is 0 Å². The minimum Gasteiger partial charge on any atom is -0.477 e. The Labute approximate surface area is 130 Å². The highest BCUT2D eigenvalue weighted by Gasteiger charge is 2.22. The highest BCUT2D eigenvalue weighted by Crippen LogP contribution is 2.21. The van der Waals surface area contributed by atoms with E-state index in [1.807, 2.05) is 13.0 Å². The number of carboxylic acid groups (broad SMARTS) is 1. The molecule has 6 heteroatoms. The van der Waals surface area contributed by atoms with Gasteiger partial charge in [0.05, 0.1) is 0 Å². The number of nitrogens with zero attached hydrogens (tertiary/aromatic N) is 2. The van der Waals surface area contributed by atoms with Gasteiger partial charge in [-0.2, -0.15) is 0 Å². The Morgan fingerprint density at radius 1 is 1.45 bits per heavy atom. The minimum atomic E-state index is -1.01. The first kappa shape index (κ1) is 16.3. The van der Waals surface area contributed by atoms with Gasteiger partial charge in [0.2, 0.25) is 5.91 Å². The van der Waals surface area contributed by atoms with Crippen LogP contribution in [0, 0.1) is 5.92 Å². The van der Waals surface area contributed by atoms with Gasteiger partial charge in [-0.25, -0.2) is 9.78 Å². The lowest BCUT2D eigenvalue weighted by atomic mass is 9.98. The van der Waals surface area contributed by atoms with Crippen molar-refractivity contribution >= 4 is 17.7 Å². The van der Waals surface area contributed by atoms with Crippen LogP contribution in [0.2, 0.25) is 0 Å². The molecule has 2 rings (SSSR count). The Kier molecular flexibility index (Phi) is 5.75. The Balaban J connectivity index is 1.94. The molecule has 1 aromatic heterocycles. The molecule has 1 fully saturated rings. The van der Waals surface area contributed by atoms with Gasteiger partial charge in [0.1, 0.15) is 5.82 Å². The van der Waals surface area contributed by atoms with E-state index in [1.54, 1.807) is 6.07 Å². The summed E-state index contributed by atoms with van der Waals surface area (Å²) in [5.41, 5.74) is 0.0656. The summed E-state index contributed by atoms with van der Waals surface area (Å²) in [5, 5.41) is 12.0. The number of rotatable bonds is 6. The number of aromatic carboxylic acids is 1. The number of anilines is 1. The van der Waals surface area contributed by atoms with E-state index in [2.05, 4.69) is 15.2 Å². The normalized spacial score (nSPS) is 18.0. The van der Waals surface area contributed by atoms with Crippen LogP contribution in [0.5, 0.6) is 0 Å².